The normalized spacial score (nSPS) is 21.5. The van der Waals surface area contributed by atoms with Crippen LogP contribution in [0.25, 0.3) is 0 Å². The lowest BCUT2D eigenvalue weighted by Crippen LogP contribution is -2.42. The molecule has 2 heterocycles. The third-order valence-corrected chi connectivity index (χ3v) is 3.41. The summed E-state index contributed by atoms with van der Waals surface area (Å²) in [6.07, 6.45) is 1.14. The maximum atomic E-state index is 5.43. The summed E-state index contributed by atoms with van der Waals surface area (Å²) in [4.78, 5) is 6.60. The predicted molar refractivity (Wildman–Crippen MR) is 65.7 cm³/mol. The molecule has 1 aromatic heterocycles. The number of aromatic nitrogens is 1. The Bertz CT molecular complexity index is 285. The minimum absolute atomic E-state index is 0.520. The molecule has 0 spiro atoms. The van der Waals surface area contributed by atoms with Gasteiger partial charge in [0.1, 0.15) is 0 Å². The van der Waals surface area contributed by atoms with Crippen LogP contribution in [0.5, 0.6) is 0 Å². The molecule has 90 valence electrons. The second-order valence-corrected chi connectivity index (χ2v) is 4.95. The van der Waals surface area contributed by atoms with Gasteiger partial charge < -0.3 is 15.0 Å². The molecule has 2 rings (SSSR count). The van der Waals surface area contributed by atoms with E-state index in [4.69, 9.17) is 4.74 Å². The molecule has 1 aliphatic heterocycles. The quantitative estimate of drug-likeness (QED) is 0.833. The van der Waals surface area contributed by atoms with Crippen LogP contribution in [-0.2, 0) is 11.3 Å². The summed E-state index contributed by atoms with van der Waals surface area (Å²) < 4.78 is 5.43. The SMILES string of the molecule is CN(CCC1COCCN1)Cc1cscn1. The van der Waals surface area contributed by atoms with Crippen molar-refractivity contribution in [2.75, 3.05) is 33.4 Å². The van der Waals surface area contributed by atoms with Gasteiger partial charge in [-0.15, -0.1) is 11.3 Å². The van der Waals surface area contributed by atoms with E-state index in [1.54, 1.807) is 11.3 Å². The van der Waals surface area contributed by atoms with Crippen LogP contribution in [0.1, 0.15) is 12.1 Å². The highest BCUT2D eigenvalue weighted by Crippen LogP contribution is 2.06. The minimum Gasteiger partial charge on any atom is -0.379 e. The fraction of sp³-hybridized carbons (Fsp3) is 0.727. The van der Waals surface area contributed by atoms with Crippen molar-refractivity contribution in [1.82, 2.24) is 15.2 Å². The van der Waals surface area contributed by atoms with Crippen molar-refractivity contribution in [3.05, 3.63) is 16.6 Å². The number of thiazole rings is 1. The first-order valence-corrected chi connectivity index (χ1v) is 6.65. The van der Waals surface area contributed by atoms with Gasteiger partial charge in [-0.05, 0) is 20.0 Å². The first kappa shape index (κ1) is 12.0. The van der Waals surface area contributed by atoms with E-state index < -0.39 is 0 Å². The van der Waals surface area contributed by atoms with E-state index in [0.29, 0.717) is 6.04 Å². The third-order valence-electron chi connectivity index (χ3n) is 2.77. The summed E-state index contributed by atoms with van der Waals surface area (Å²) in [5.41, 5.74) is 3.06. The van der Waals surface area contributed by atoms with Crippen molar-refractivity contribution in [2.24, 2.45) is 0 Å². The zero-order valence-corrected chi connectivity index (χ0v) is 10.5. The van der Waals surface area contributed by atoms with Gasteiger partial charge in [0.25, 0.3) is 0 Å². The van der Waals surface area contributed by atoms with E-state index in [1.807, 2.05) is 5.51 Å². The monoisotopic (exact) mass is 241 g/mol. The van der Waals surface area contributed by atoms with Crippen LogP contribution in [0.3, 0.4) is 0 Å². The summed E-state index contributed by atoms with van der Waals surface area (Å²) in [6.45, 7) is 4.71. The lowest BCUT2D eigenvalue weighted by molar-refractivity contribution is 0.0707. The fourth-order valence-corrected chi connectivity index (χ4v) is 2.40. The average Bonchev–Trinajstić information content (AvgIpc) is 2.81. The van der Waals surface area contributed by atoms with Crippen molar-refractivity contribution in [1.29, 1.82) is 0 Å². The molecule has 0 saturated carbocycles. The molecule has 0 radical (unpaired) electrons. The molecule has 1 aliphatic rings. The summed E-state index contributed by atoms with van der Waals surface area (Å²) in [5, 5.41) is 5.58. The number of morpholine rings is 1. The highest BCUT2D eigenvalue weighted by Gasteiger charge is 2.13. The zero-order chi connectivity index (χ0) is 11.2. The molecule has 5 heteroatoms. The molecule has 4 nitrogen and oxygen atoms in total. The Hall–Kier alpha value is -0.490. The number of ether oxygens (including phenoxy) is 1. The first-order valence-electron chi connectivity index (χ1n) is 5.71. The number of nitrogens with zero attached hydrogens (tertiary/aromatic N) is 2. The number of nitrogens with one attached hydrogen (secondary N) is 1. The van der Waals surface area contributed by atoms with Crippen molar-refractivity contribution < 1.29 is 4.74 Å². The van der Waals surface area contributed by atoms with Crippen LogP contribution in [0, 0.1) is 0 Å². The Kier molecular flexibility index (Phi) is 4.71. The molecule has 1 aromatic rings. The maximum absolute atomic E-state index is 5.43. The molecular formula is C11H19N3OS. The van der Waals surface area contributed by atoms with Crippen molar-refractivity contribution in [2.45, 2.75) is 19.0 Å². The molecule has 1 saturated heterocycles. The highest BCUT2D eigenvalue weighted by molar-refractivity contribution is 7.07. The van der Waals surface area contributed by atoms with Gasteiger partial charge in [0.15, 0.2) is 0 Å². The van der Waals surface area contributed by atoms with Gasteiger partial charge in [-0.25, -0.2) is 4.98 Å². The van der Waals surface area contributed by atoms with Gasteiger partial charge in [0.05, 0.1) is 24.4 Å². The minimum atomic E-state index is 0.520. The van der Waals surface area contributed by atoms with Gasteiger partial charge in [-0.3, -0.25) is 0 Å². The molecule has 1 atom stereocenters. The molecule has 16 heavy (non-hydrogen) atoms. The molecule has 1 N–H and O–H groups in total. The first-order chi connectivity index (χ1) is 7.84. The Morgan fingerprint density at radius 1 is 1.69 bits per heavy atom. The smallest absolute Gasteiger partial charge is 0.0795 e. The van der Waals surface area contributed by atoms with Gasteiger partial charge in [0, 0.05) is 24.5 Å². The lowest BCUT2D eigenvalue weighted by atomic mass is 10.2. The standard InChI is InChI=1S/C11H19N3OS/c1-14(6-11-8-16-9-13-11)4-2-10-7-15-5-3-12-10/h8-10,12H,2-7H2,1H3. The second kappa shape index (κ2) is 6.30. The van der Waals surface area contributed by atoms with Crippen LogP contribution in [0.2, 0.25) is 0 Å². The van der Waals surface area contributed by atoms with Crippen LogP contribution in [0.4, 0.5) is 0 Å². The molecular weight excluding hydrogens is 222 g/mol. The number of hydrogen-bond donors (Lipinski definition) is 1. The van der Waals surface area contributed by atoms with Gasteiger partial charge >= 0.3 is 0 Å². The highest BCUT2D eigenvalue weighted by atomic mass is 32.1. The topological polar surface area (TPSA) is 37.4 Å². The molecule has 0 aromatic carbocycles. The van der Waals surface area contributed by atoms with Crippen LogP contribution < -0.4 is 5.32 Å². The van der Waals surface area contributed by atoms with Crippen molar-refractivity contribution in [3.8, 4) is 0 Å². The number of hydrogen-bond acceptors (Lipinski definition) is 5. The Morgan fingerprint density at radius 2 is 2.62 bits per heavy atom. The van der Waals surface area contributed by atoms with Crippen LogP contribution >= 0.6 is 11.3 Å². The van der Waals surface area contributed by atoms with Gasteiger partial charge in [0.2, 0.25) is 0 Å². The van der Waals surface area contributed by atoms with E-state index in [2.05, 4.69) is 27.6 Å². The van der Waals surface area contributed by atoms with Gasteiger partial charge in [-0.2, -0.15) is 0 Å². The molecule has 1 fully saturated rings. The zero-order valence-electron chi connectivity index (χ0n) is 9.69. The summed E-state index contributed by atoms with van der Waals surface area (Å²) >= 11 is 1.66. The average molecular weight is 241 g/mol. The Morgan fingerprint density at radius 3 is 3.31 bits per heavy atom. The Balaban J connectivity index is 1.65. The van der Waals surface area contributed by atoms with E-state index in [9.17, 15) is 0 Å². The Labute approximate surface area is 101 Å². The molecule has 0 aliphatic carbocycles. The molecule has 0 amide bonds. The van der Waals surface area contributed by atoms with Crippen molar-refractivity contribution in [3.63, 3.8) is 0 Å². The fourth-order valence-electron chi connectivity index (χ4n) is 1.85. The summed E-state index contributed by atoms with van der Waals surface area (Å²) in [6, 6.07) is 0.520. The summed E-state index contributed by atoms with van der Waals surface area (Å²) in [7, 11) is 2.14. The summed E-state index contributed by atoms with van der Waals surface area (Å²) in [5.74, 6) is 0. The van der Waals surface area contributed by atoms with Crippen LogP contribution in [0.15, 0.2) is 10.9 Å². The third kappa shape index (κ3) is 3.83. The molecule has 1 unspecified atom stereocenters. The maximum Gasteiger partial charge on any atom is 0.0795 e. The largest absolute Gasteiger partial charge is 0.379 e. The molecule has 0 bridgehead atoms. The van der Waals surface area contributed by atoms with Gasteiger partial charge in [-0.1, -0.05) is 0 Å². The van der Waals surface area contributed by atoms with E-state index >= 15 is 0 Å². The predicted octanol–water partition coefficient (Wildman–Crippen LogP) is 0.953. The van der Waals surface area contributed by atoms with E-state index in [0.717, 1.165) is 39.3 Å². The number of rotatable bonds is 5. The van der Waals surface area contributed by atoms with Crippen molar-refractivity contribution >= 4 is 11.3 Å². The van der Waals surface area contributed by atoms with E-state index in [-0.39, 0.29) is 0 Å². The van der Waals surface area contributed by atoms with E-state index in [1.165, 1.54) is 5.69 Å². The van der Waals surface area contributed by atoms with Crippen LogP contribution in [-0.4, -0.2) is 49.3 Å². The lowest BCUT2D eigenvalue weighted by Gasteiger charge is -2.25. The second-order valence-electron chi connectivity index (χ2n) is 4.23.